The summed E-state index contributed by atoms with van der Waals surface area (Å²) in [4.78, 5) is 36.7. The predicted octanol–water partition coefficient (Wildman–Crippen LogP) is 1.61. The standard InChI is InChI=1S/C16H15ClN4O4/c17-11-3-1-2-4-12(11)21-8-10(7-14(21)22)16(25)18-13-5-6-20(19-13)9-15(23)24/h1-6,10H,7-9H2,(H,23,24)(H,18,19,25). The van der Waals surface area contributed by atoms with E-state index in [0.29, 0.717) is 10.7 Å². The Bertz CT molecular complexity index is 835. The Morgan fingerprint density at radius 2 is 2.08 bits per heavy atom. The quantitative estimate of drug-likeness (QED) is 0.840. The lowest BCUT2D eigenvalue weighted by atomic mass is 10.1. The Kier molecular flexibility index (Phi) is 4.71. The summed E-state index contributed by atoms with van der Waals surface area (Å²) in [6.45, 7) is -0.0672. The van der Waals surface area contributed by atoms with E-state index in [1.807, 2.05) is 0 Å². The van der Waals surface area contributed by atoms with Gasteiger partial charge in [-0.2, -0.15) is 5.10 Å². The van der Waals surface area contributed by atoms with Crippen LogP contribution in [0, 0.1) is 5.92 Å². The zero-order valence-electron chi connectivity index (χ0n) is 13.1. The van der Waals surface area contributed by atoms with E-state index in [9.17, 15) is 14.4 Å². The molecule has 1 saturated heterocycles. The number of hydrogen-bond acceptors (Lipinski definition) is 4. The number of benzene rings is 1. The van der Waals surface area contributed by atoms with Crippen LogP contribution in [0.4, 0.5) is 11.5 Å². The molecule has 2 N–H and O–H groups in total. The lowest BCUT2D eigenvalue weighted by Gasteiger charge is -2.17. The smallest absolute Gasteiger partial charge is 0.325 e. The Labute approximate surface area is 148 Å². The first-order chi connectivity index (χ1) is 11.9. The van der Waals surface area contributed by atoms with Crippen molar-refractivity contribution in [2.24, 2.45) is 5.92 Å². The summed E-state index contributed by atoms with van der Waals surface area (Å²) in [5.41, 5.74) is 0.579. The molecular formula is C16H15ClN4O4. The molecule has 8 nitrogen and oxygen atoms in total. The number of carboxylic acid groups (broad SMARTS) is 1. The third-order valence-electron chi connectivity index (χ3n) is 3.83. The topological polar surface area (TPSA) is 105 Å². The van der Waals surface area contributed by atoms with Gasteiger partial charge in [-0.15, -0.1) is 0 Å². The van der Waals surface area contributed by atoms with Gasteiger partial charge in [-0.05, 0) is 12.1 Å². The maximum atomic E-state index is 12.4. The van der Waals surface area contributed by atoms with Gasteiger partial charge in [0.15, 0.2) is 5.82 Å². The number of rotatable bonds is 5. The Hall–Kier alpha value is -2.87. The van der Waals surface area contributed by atoms with Crippen molar-refractivity contribution in [1.29, 1.82) is 0 Å². The van der Waals surface area contributed by atoms with Crippen molar-refractivity contribution >= 4 is 40.9 Å². The number of aromatic nitrogens is 2. The highest BCUT2D eigenvalue weighted by Gasteiger charge is 2.36. The van der Waals surface area contributed by atoms with Gasteiger partial charge in [0.2, 0.25) is 11.8 Å². The minimum absolute atomic E-state index is 0.0763. The lowest BCUT2D eigenvalue weighted by molar-refractivity contribution is -0.137. The van der Waals surface area contributed by atoms with Crippen LogP contribution in [-0.4, -0.2) is 39.2 Å². The molecule has 1 unspecified atom stereocenters. The molecule has 3 rings (SSSR count). The molecule has 1 aliphatic heterocycles. The van der Waals surface area contributed by atoms with Crippen molar-refractivity contribution in [3.05, 3.63) is 41.6 Å². The number of nitrogens with one attached hydrogen (secondary N) is 1. The monoisotopic (exact) mass is 362 g/mol. The fourth-order valence-corrected chi connectivity index (χ4v) is 2.91. The van der Waals surface area contributed by atoms with Crippen LogP contribution < -0.4 is 10.2 Å². The number of para-hydroxylation sites is 1. The van der Waals surface area contributed by atoms with E-state index in [2.05, 4.69) is 10.4 Å². The number of hydrogen-bond donors (Lipinski definition) is 2. The van der Waals surface area contributed by atoms with Gasteiger partial charge in [0, 0.05) is 25.2 Å². The van der Waals surface area contributed by atoms with Gasteiger partial charge < -0.3 is 15.3 Å². The molecule has 25 heavy (non-hydrogen) atoms. The fraction of sp³-hybridized carbons (Fsp3) is 0.250. The minimum Gasteiger partial charge on any atom is -0.480 e. The molecule has 1 atom stereocenters. The average molecular weight is 363 g/mol. The molecule has 0 saturated carbocycles. The van der Waals surface area contributed by atoms with Gasteiger partial charge in [-0.3, -0.25) is 19.1 Å². The summed E-state index contributed by atoms with van der Waals surface area (Å²) in [7, 11) is 0. The first kappa shape index (κ1) is 17.0. The number of nitrogens with zero attached hydrogens (tertiary/aromatic N) is 3. The minimum atomic E-state index is -1.03. The number of aliphatic carboxylic acids is 1. The molecule has 1 aromatic heterocycles. The normalized spacial score (nSPS) is 16.9. The molecule has 1 aromatic carbocycles. The molecule has 0 aliphatic carbocycles. The molecule has 130 valence electrons. The van der Waals surface area contributed by atoms with Gasteiger partial charge in [0.05, 0.1) is 16.6 Å². The van der Waals surface area contributed by atoms with Crippen molar-refractivity contribution < 1.29 is 19.5 Å². The van der Waals surface area contributed by atoms with Gasteiger partial charge in [0.1, 0.15) is 6.54 Å². The third kappa shape index (κ3) is 3.80. The van der Waals surface area contributed by atoms with Gasteiger partial charge >= 0.3 is 5.97 Å². The summed E-state index contributed by atoms with van der Waals surface area (Å²) >= 11 is 6.12. The van der Waals surface area contributed by atoms with E-state index in [-0.39, 0.29) is 37.1 Å². The van der Waals surface area contributed by atoms with Crippen LogP contribution in [-0.2, 0) is 20.9 Å². The lowest BCUT2D eigenvalue weighted by Crippen LogP contribution is -2.28. The number of anilines is 2. The zero-order chi connectivity index (χ0) is 18.0. The second kappa shape index (κ2) is 6.94. The number of carboxylic acids is 1. The van der Waals surface area contributed by atoms with E-state index < -0.39 is 11.9 Å². The van der Waals surface area contributed by atoms with Crippen LogP contribution >= 0.6 is 11.6 Å². The van der Waals surface area contributed by atoms with Gasteiger partial charge in [0.25, 0.3) is 0 Å². The maximum absolute atomic E-state index is 12.4. The summed E-state index contributed by atoms with van der Waals surface area (Å²) < 4.78 is 1.20. The van der Waals surface area contributed by atoms with E-state index >= 15 is 0 Å². The first-order valence-corrected chi connectivity index (χ1v) is 7.93. The van der Waals surface area contributed by atoms with Crippen LogP contribution in [0.15, 0.2) is 36.5 Å². The second-order valence-corrected chi connectivity index (χ2v) is 6.05. The fourth-order valence-electron chi connectivity index (χ4n) is 2.67. The molecule has 0 radical (unpaired) electrons. The van der Waals surface area contributed by atoms with Crippen molar-refractivity contribution in [3.8, 4) is 0 Å². The summed E-state index contributed by atoms with van der Waals surface area (Å²) in [6, 6.07) is 8.46. The number of carbonyl (C=O) groups is 3. The van der Waals surface area contributed by atoms with Gasteiger partial charge in [-0.25, -0.2) is 0 Å². The largest absolute Gasteiger partial charge is 0.480 e. The van der Waals surface area contributed by atoms with E-state index in [0.717, 1.165) is 0 Å². The summed E-state index contributed by atoms with van der Waals surface area (Å²) in [5, 5.41) is 15.7. The van der Waals surface area contributed by atoms with E-state index in [1.54, 1.807) is 24.3 Å². The highest BCUT2D eigenvalue weighted by Crippen LogP contribution is 2.31. The molecule has 0 bridgehead atoms. The Morgan fingerprint density at radius 1 is 1.32 bits per heavy atom. The predicted molar refractivity (Wildman–Crippen MR) is 90.4 cm³/mol. The molecule has 1 fully saturated rings. The summed E-state index contributed by atoms with van der Waals surface area (Å²) in [6.07, 6.45) is 1.53. The van der Waals surface area contributed by atoms with E-state index in [1.165, 1.54) is 21.8 Å². The molecule has 2 aromatic rings. The van der Waals surface area contributed by atoms with Crippen molar-refractivity contribution in [3.63, 3.8) is 0 Å². The Morgan fingerprint density at radius 3 is 2.80 bits per heavy atom. The molecule has 2 amide bonds. The molecule has 9 heteroatoms. The van der Waals surface area contributed by atoms with Crippen molar-refractivity contribution in [2.75, 3.05) is 16.8 Å². The molecular weight excluding hydrogens is 348 g/mol. The number of halogens is 1. The number of amides is 2. The van der Waals surface area contributed by atoms with Crippen LogP contribution in [0.3, 0.4) is 0 Å². The highest BCUT2D eigenvalue weighted by molar-refractivity contribution is 6.33. The van der Waals surface area contributed by atoms with Crippen LogP contribution in [0.2, 0.25) is 5.02 Å². The number of carbonyl (C=O) groups excluding carboxylic acids is 2. The van der Waals surface area contributed by atoms with Crippen molar-refractivity contribution in [2.45, 2.75) is 13.0 Å². The third-order valence-corrected chi connectivity index (χ3v) is 4.15. The maximum Gasteiger partial charge on any atom is 0.325 e. The molecule has 0 spiro atoms. The van der Waals surface area contributed by atoms with Crippen LogP contribution in [0.1, 0.15) is 6.42 Å². The van der Waals surface area contributed by atoms with Crippen LogP contribution in [0.5, 0.6) is 0 Å². The van der Waals surface area contributed by atoms with Gasteiger partial charge in [-0.1, -0.05) is 23.7 Å². The Balaban J connectivity index is 1.66. The molecule has 2 heterocycles. The summed E-state index contributed by atoms with van der Waals surface area (Å²) in [5.74, 6) is -1.84. The second-order valence-electron chi connectivity index (χ2n) is 5.64. The molecule has 1 aliphatic rings. The highest BCUT2D eigenvalue weighted by atomic mass is 35.5. The van der Waals surface area contributed by atoms with Crippen LogP contribution in [0.25, 0.3) is 0 Å². The van der Waals surface area contributed by atoms with E-state index in [4.69, 9.17) is 16.7 Å². The average Bonchev–Trinajstić information content (AvgIpc) is 3.14. The zero-order valence-corrected chi connectivity index (χ0v) is 13.8. The first-order valence-electron chi connectivity index (χ1n) is 7.55. The van der Waals surface area contributed by atoms with Crippen molar-refractivity contribution in [1.82, 2.24) is 9.78 Å². The SMILES string of the molecule is O=C(O)Cn1ccc(NC(=O)C2CC(=O)N(c3ccccc3Cl)C2)n1.